The van der Waals surface area contributed by atoms with Crippen LogP contribution in [0.4, 0.5) is 32.5 Å². The van der Waals surface area contributed by atoms with E-state index in [-0.39, 0.29) is 12.1 Å². The fraction of sp³-hybridized carbons (Fsp3) is 0.240. The number of carbonyl (C=O) groups excluding carboxylic acids is 2. The van der Waals surface area contributed by atoms with Crippen molar-refractivity contribution in [1.82, 2.24) is 9.88 Å². The Balaban J connectivity index is 1.29. The number of rotatable bonds is 5. The molecule has 182 valence electrons. The molecule has 0 saturated carbocycles. The van der Waals surface area contributed by atoms with Crippen LogP contribution in [0.5, 0.6) is 5.75 Å². The molecule has 4 rings (SSSR count). The molecule has 1 aliphatic rings. The Hall–Kier alpha value is -3.98. The molecule has 0 radical (unpaired) electrons. The molecule has 1 saturated heterocycles. The second-order valence-corrected chi connectivity index (χ2v) is 8.48. The minimum absolute atomic E-state index is 0.221. The normalized spacial score (nSPS) is 13.2. The molecule has 4 amide bonds. The first-order chi connectivity index (χ1) is 16.9. The van der Waals surface area contributed by atoms with Crippen LogP contribution in [0.15, 0.2) is 60.8 Å². The second-order valence-electron chi connectivity index (χ2n) is 8.07. The highest BCUT2D eigenvalue weighted by Crippen LogP contribution is 2.26. The number of anilines is 4. The number of benzene rings is 2. The first-order valence-electron chi connectivity index (χ1n) is 11.2. The molecule has 0 unspecified atom stereocenters. The minimum atomic E-state index is -0.353. The van der Waals surface area contributed by atoms with Gasteiger partial charge >= 0.3 is 12.1 Å². The number of hydrogen-bond donors (Lipinski definition) is 3. The van der Waals surface area contributed by atoms with Gasteiger partial charge in [0.25, 0.3) is 0 Å². The summed E-state index contributed by atoms with van der Waals surface area (Å²) in [7, 11) is 1.56. The number of halogens is 1. The van der Waals surface area contributed by atoms with Crippen molar-refractivity contribution in [2.45, 2.75) is 6.92 Å². The maximum absolute atomic E-state index is 12.5. The Morgan fingerprint density at radius 3 is 2.40 bits per heavy atom. The van der Waals surface area contributed by atoms with E-state index in [2.05, 4.69) is 25.8 Å². The summed E-state index contributed by atoms with van der Waals surface area (Å²) in [4.78, 5) is 33.0. The molecule has 3 N–H and O–H groups in total. The second kappa shape index (κ2) is 11.0. The molecule has 0 atom stereocenters. The topological polar surface area (TPSA) is 98.8 Å². The van der Waals surface area contributed by atoms with Gasteiger partial charge in [0, 0.05) is 43.8 Å². The third kappa shape index (κ3) is 6.13. The standard InChI is InChI=1S/C25H27ClN6O3/c1-17-5-10-22(35-2)21(16-17)29-24(33)28-18-6-8-19(9-7-18)31-12-14-32(15-13-31)25(34)30-23-20(26)4-3-11-27-23/h3-11,16H,12-15H2,1-2H3,(H,27,30,34)(H2,28,29,33). The van der Waals surface area contributed by atoms with Crippen molar-refractivity contribution in [1.29, 1.82) is 0 Å². The van der Waals surface area contributed by atoms with Gasteiger partial charge in [0.1, 0.15) is 5.75 Å². The van der Waals surface area contributed by atoms with E-state index in [4.69, 9.17) is 16.3 Å². The summed E-state index contributed by atoms with van der Waals surface area (Å²) in [6.07, 6.45) is 1.58. The number of pyridine rings is 1. The third-order valence-corrected chi connectivity index (χ3v) is 5.95. The van der Waals surface area contributed by atoms with E-state index < -0.39 is 0 Å². The summed E-state index contributed by atoms with van der Waals surface area (Å²) in [6.45, 7) is 4.45. The fourth-order valence-electron chi connectivity index (χ4n) is 3.79. The van der Waals surface area contributed by atoms with E-state index in [1.54, 1.807) is 30.3 Å². The Morgan fingerprint density at radius 1 is 0.971 bits per heavy atom. The number of aryl methyl sites for hydroxylation is 1. The SMILES string of the molecule is COc1ccc(C)cc1NC(=O)Nc1ccc(N2CCN(C(=O)Nc3ncccc3Cl)CC2)cc1. The Morgan fingerprint density at radius 2 is 1.71 bits per heavy atom. The largest absolute Gasteiger partial charge is 0.495 e. The van der Waals surface area contributed by atoms with Crippen molar-refractivity contribution >= 4 is 46.5 Å². The van der Waals surface area contributed by atoms with Crippen LogP contribution < -0.4 is 25.6 Å². The average Bonchev–Trinajstić information content (AvgIpc) is 2.86. The van der Waals surface area contributed by atoms with Crippen LogP contribution in [-0.2, 0) is 0 Å². The van der Waals surface area contributed by atoms with Crippen LogP contribution in [-0.4, -0.2) is 55.2 Å². The lowest BCUT2D eigenvalue weighted by Crippen LogP contribution is -2.50. The van der Waals surface area contributed by atoms with Gasteiger partial charge in [0.15, 0.2) is 5.82 Å². The fourth-order valence-corrected chi connectivity index (χ4v) is 3.95. The molecule has 3 aromatic rings. The van der Waals surface area contributed by atoms with E-state index in [1.807, 2.05) is 49.4 Å². The number of aromatic nitrogens is 1. The van der Waals surface area contributed by atoms with Crippen LogP contribution in [0.2, 0.25) is 5.02 Å². The van der Waals surface area contributed by atoms with Gasteiger partial charge < -0.3 is 25.2 Å². The molecule has 0 aliphatic carbocycles. The Kier molecular flexibility index (Phi) is 7.57. The van der Waals surface area contributed by atoms with Crippen LogP contribution in [0.25, 0.3) is 0 Å². The summed E-state index contributed by atoms with van der Waals surface area (Å²) in [5, 5.41) is 8.82. The van der Waals surface area contributed by atoms with E-state index in [9.17, 15) is 9.59 Å². The molecule has 0 spiro atoms. The van der Waals surface area contributed by atoms with Gasteiger partial charge in [-0.15, -0.1) is 0 Å². The predicted molar refractivity (Wildman–Crippen MR) is 139 cm³/mol. The maximum Gasteiger partial charge on any atom is 0.323 e. The number of amides is 4. The van der Waals surface area contributed by atoms with Crippen molar-refractivity contribution in [2.75, 3.05) is 54.1 Å². The van der Waals surface area contributed by atoms with Crippen LogP contribution in [0.3, 0.4) is 0 Å². The summed E-state index contributed by atoms with van der Waals surface area (Å²) < 4.78 is 5.31. The monoisotopic (exact) mass is 494 g/mol. The number of carbonyl (C=O) groups is 2. The highest BCUT2D eigenvalue weighted by atomic mass is 35.5. The Labute approximate surface area is 209 Å². The highest BCUT2D eigenvalue weighted by molar-refractivity contribution is 6.33. The summed E-state index contributed by atoms with van der Waals surface area (Å²) in [6, 6.07) is 16.0. The van der Waals surface area contributed by atoms with E-state index in [1.165, 1.54) is 0 Å². The molecule has 2 heterocycles. The third-order valence-electron chi connectivity index (χ3n) is 5.64. The average molecular weight is 495 g/mol. The van der Waals surface area contributed by atoms with Gasteiger partial charge in [-0.2, -0.15) is 0 Å². The van der Waals surface area contributed by atoms with Crippen molar-refractivity contribution < 1.29 is 14.3 Å². The number of methoxy groups -OCH3 is 1. The highest BCUT2D eigenvalue weighted by Gasteiger charge is 2.22. The van der Waals surface area contributed by atoms with Gasteiger partial charge in [-0.1, -0.05) is 17.7 Å². The number of ether oxygens (including phenoxy) is 1. The molecule has 1 aromatic heterocycles. The molecule has 0 bridgehead atoms. The van der Waals surface area contributed by atoms with Crippen molar-refractivity contribution in [3.05, 3.63) is 71.4 Å². The molecule has 2 aromatic carbocycles. The first kappa shape index (κ1) is 24.2. The number of hydrogen-bond acceptors (Lipinski definition) is 5. The molecular weight excluding hydrogens is 468 g/mol. The van der Waals surface area contributed by atoms with Crippen LogP contribution in [0.1, 0.15) is 5.56 Å². The summed E-state index contributed by atoms with van der Waals surface area (Å²) in [5.74, 6) is 0.951. The Bertz CT molecular complexity index is 1200. The number of nitrogens with zero attached hydrogens (tertiary/aromatic N) is 3. The minimum Gasteiger partial charge on any atom is -0.495 e. The number of nitrogens with one attached hydrogen (secondary N) is 3. The van der Waals surface area contributed by atoms with E-state index >= 15 is 0 Å². The number of urea groups is 2. The molecule has 1 fully saturated rings. The van der Waals surface area contributed by atoms with Crippen molar-refractivity contribution in [2.24, 2.45) is 0 Å². The molecular formula is C25H27ClN6O3. The van der Waals surface area contributed by atoms with Gasteiger partial charge in [0.05, 0.1) is 17.8 Å². The van der Waals surface area contributed by atoms with E-state index in [0.717, 1.165) is 11.3 Å². The summed E-state index contributed by atoms with van der Waals surface area (Å²) >= 11 is 6.08. The molecule has 35 heavy (non-hydrogen) atoms. The van der Waals surface area contributed by atoms with Gasteiger partial charge in [0.2, 0.25) is 0 Å². The van der Waals surface area contributed by atoms with Crippen LogP contribution in [0, 0.1) is 6.92 Å². The van der Waals surface area contributed by atoms with Crippen LogP contribution >= 0.6 is 11.6 Å². The zero-order valence-electron chi connectivity index (χ0n) is 19.5. The zero-order chi connectivity index (χ0) is 24.8. The molecule has 10 heteroatoms. The zero-order valence-corrected chi connectivity index (χ0v) is 20.3. The van der Waals surface area contributed by atoms with E-state index in [0.29, 0.717) is 54.1 Å². The number of piperazine rings is 1. The summed E-state index contributed by atoms with van der Waals surface area (Å²) in [5.41, 5.74) is 3.31. The van der Waals surface area contributed by atoms with Crippen molar-refractivity contribution in [3.63, 3.8) is 0 Å². The lowest BCUT2D eigenvalue weighted by molar-refractivity contribution is 0.208. The maximum atomic E-state index is 12.5. The van der Waals surface area contributed by atoms with Gasteiger partial charge in [-0.05, 0) is 61.0 Å². The molecule has 1 aliphatic heterocycles. The van der Waals surface area contributed by atoms with Crippen molar-refractivity contribution in [3.8, 4) is 5.75 Å². The quantitative estimate of drug-likeness (QED) is 0.461. The predicted octanol–water partition coefficient (Wildman–Crippen LogP) is 5.05. The first-order valence-corrected chi connectivity index (χ1v) is 11.5. The lowest BCUT2D eigenvalue weighted by Gasteiger charge is -2.36. The molecule has 9 nitrogen and oxygen atoms in total. The van der Waals surface area contributed by atoms with Gasteiger partial charge in [-0.3, -0.25) is 5.32 Å². The van der Waals surface area contributed by atoms with Gasteiger partial charge in [-0.25, -0.2) is 14.6 Å². The lowest BCUT2D eigenvalue weighted by atomic mass is 10.2. The smallest absolute Gasteiger partial charge is 0.323 e.